The largest absolute Gasteiger partial charge is 0.354 e. The van der Waals surface area contributed by atoms with Crippen LogP contribution in [0.15, 0.2) is 98.6 Å². The summed E-state index contributed by atoms with van der Waals surface area (Å²) in [5.74, 6) is 0.655. The molecule has 1 aromatic carbocycles. The first kappa shape index (κ1) is 24.6. The third-order valence-corrected chi connectivity index (χ3v) is 8.04. The number of rotatable bonds is 7. The molecule has 0 spiro atoms. The van der Waals surface area contributed by atoms with E-state index in [-0.39, 0.29) is 0 Å². The number of nitrogens with zero attached hydrogens (tertiary/aromatic N) is 5. The lowest BCUT2D eigenvalue weighted by molar-refractivity contribution is 1.10. The Kier molecular flexibility index (Phi) is 5.98. The van der Waals surface area contributed by atoms with Gasteiger partial charge in [0.2, 0.25) is 0 Å². The first-order valence-corrected chi connectivity index (χ1v) is 13.8. The van der Waals surface area contributed by atoms with E-state index in [1.165, 1.54) is 0 Å². The van der Waals surface area contributed by atoms with Crippen molar-refractivity contribution in [3.8, 4) is 33.3 Å². The lowest BCUT2D eigenvalue weighted by atomic mass is 10.1. The highest BCUT2D eigenvalue weighted by Crippen LogP contribution is 2.35. The van der Waals surface area contributed by atoms with Gasteiger partial charge in [-0.15, -0.1) is 11.3 Å². The zero-order valence-corrected chi connectivity index (χ0v) is 23.0. The predicted molar refractivity (Wildman–Crippen MR) is 167 cm³/mol. The van der Waals surface area contributed by atoms with Crippen LogP contribution in [0.5, 0.6) is 0 Å². The number of hydrogen-bond donors (Lipinski definition) is 3. The highest BCUT2D eigenvalue weighted by atomic mass is 32.1. The van der Waals surface area contributed by atoms with Crippen LogP contribution >= 0.6 is 11.3 Å². The summed E-state index contributed by atoms with van der Waals surface area (Å²) in [5, 5.41) is 11.9. The summed E-state index contributed by atoms with van der Waals surface area (Å²) in [6.45, 7) is 10.2. The van der Waals surface area contributed by atoms with E-state index < -0.39 is 0 Å². The van der Waals surface area contributed by atoms with E-state index in [4.69, 9.17) is 4.98 Å². The first-order valence-electron chi connectivity index (χ1n) is 13.0. The van der Waals surface area contributed by atoms with Crippen LogP contribution in [0.4, 0.5) is 5.69 Å². The fourth-order valence-corrected chi connectivity index (χ4v) is 5.64. The molecule has 6 aromatic heterocycles. The number of anilines is 1. The van der Waals surface area contributed by atoms with Gasteiger partial charge in [0.05, 0.1) is 39.7 Å². The number of H-pyrrole nitrogens is 2. The zero-order valence-electron chi connectivity index (χ0n) is 22.1. The van der Waals surface area contributed by atoms with Gasteiger partial charge in [0, 0.05) is 33.9 Å². The molecule has 7 rings (SSSR count). The lowest BCUT2D eigenvalue weighted by Crippen LogP contribution is -1.98. The van der Waals surface area contributed by atoms with Crippen molar-refractivity contribution in [1.82, 2.24) is 35.1 Å². The molecular formula is C32H24N8S. The van der Waals surface area contributed by atoms with Gasteiger partial charge in [-0.2, -0.15) is 5.10 Å². The van der Waals surface area contributed by atoms with Crippen molar-refractivity contribution in [1.29, 1.82) is 0 Å². The van der Waals surface area contributed by atoms with E-state index >= 15 is 0 Å². The summed E-state index contributed by atoms with van der Waals surface area (Å²) >= 11 is 1.66. The number of hydrogen-bond acceptors (Lipinski definition) is 7. The maximum atomic E-state index is 4.94. The summed E-state index contributed by atoms with van der Waals surface area (Å²) in [7, 11) is 0. The second kappa shape index (κ2) is 9.96. The Labute approximate surface area is 239 Å². The Bertz CT molecular complexity index is 2080. The van der Waals surface area contributed by atoms with Gasteiger partial charge in [-0.1, -0.05) is 43.5 Å². The van der Waals surface area contributed by atoms with Gasteiger partial charge in [0.1, 0.15) is 16.9 Å². The first-order chi connectivity index (χ1) is 20.0. The molecule has 9 heteroatoms. The SMILES string of the molecule is C=C(Nc1cncc(-c2cc3c(-c4nc5c(-c6ccc(C(=C)C)s6)nccc5[nH]4)n[nH]c3cn2)c1)c1ccccc1. The fraction of sp³-hybridized carbons (Fsp3) is 0.0312. The molecule has 41 heavy (non-hydrogen) atoms. The smallest absolute Gasteiger partial charge is 0.159 e. The van der Waals surface area contributed by atoms with Crippen LogP contribution in [0, 0.1) is 0 Å². The second-order valence-electron chi connectivity index (χ2n) is 9.70. The van der Waals surface area contributed by atoms with E-state index in [9.17, 15) is 0 Å². The molecule has 0 aliphatic rings. The standard InChI is InChI=1S/C32H24N8S/c1-18(2)27-9-10-28(41-27)31-30-24(11-12-34-31)37-32(38-30)29-23-14-25(35-17-26(23)39-40-29)21-13-22(16-33-15-21)36-19(3)20-7-5-4-6-8-20/h4-17,36H,1,3H2,2H3,(H,37,38)(H,39,40). The summed E-state index contributed by atoms with van der Waals surface area (Å²) in [5.41, 5.74) is 9.34. The van der Waals surface area contributed by atoms with Crippen LogP contribution < -0.4 is 5.32 Å². The van der Waals surface area contributed by atoms with E-state index in [0.29, 0.717) is 11.5 Å². The molecule has 0 amide bonds. The molecule has 0 saturated carbocycles. The Balaban J connectivity index is 1.24. The number of pyridine rings is 3. The highest BCUT2D eigenvalue weighted by molar-refractivity contribution is 7.16. The molecule has 7 aromatic rings. The number of aromatic amines is 2. The van der Waals surface area contributed by atoms with E-state index in [0.717, 1.165) is 71.2 Å². The molecule has 0 atom stereocenters. The van der Waals surface area contributed by atoms with Crippen LogP contribution in [-0.2, 0) is 0 Å². The molecular weight excluding hydrogens is 528 g/mol. The number of aromatic nitrogens is 7. The molecule has 0 fully saturated rings. The summed E-state index contributed by atoms with van der Waals surface area (Å²) in [4.78, 5) is 24.3. The highest BCUT2D eigenvalue weighted by Gasteiger charge is 2.18. The minimum Gasteiger partial charge on any atom is -0.354 e. The van der Waals surface area contributed by atoms with Crippen LogP contribution in [0.2, 0.25) is 0 Å². The lowest BCUT2D eigenvalue weighted by Gasteiger charge is -2.10. The molecule has 0 aliphatic heterocycles. The minimum absolute atomic E-state index is 0.655. The van der Waals surface area contributed by atoms with Crippen molar-refractivity contribution in [2.24, 2.45) is 0 Å². The Hall–Kier alpha value is -5.41. The zero-order chi connectivity index (χ0) is 27.9. The van der Waals surface area contributed by atoms with Gasteiger partial charge >= 0.3 is 0 Å². The van der Waals surface area contributed by atoms with Gasteiger partial charge in [0.15, 0.2) is 5.82 Å². The average molecular weight is 553 g/mol. The normalized spacial score (nSPS) is 11.2. The van der Waals surface area contributed by atoms with E-state index in [1.54, 1.807) is 36.1 Å². The van der Waals surface area contributed by atoms with Crippen molar-refractivity contribution >= 4 is 50.2 Å². The Morgan fingerprint density at radius 3 is 2.61 bits per heavy atom. The third kappa shape index (κ3) is 4.58. The number of nitrogens with one attached hydrogen (secondary N) is 3. The average Bonchev–Trinajstić information content (AvgIpc) is 3.75. The molecule has 3 N–H and O–H groups in total. The number of allylic oxidation sites excluding steroid dienone is 1. The van der Waals surface area contributed by atoms with Crippen molar-refractivity contribution in [2.75, 3.05) is 5.32 Å². The van der Waals surface area contributed by atoms with Gasteiger partial charge in [-0.25, -0.2) is 4.98 Å². The van der Waals surface area contributed by atoms with Crippen LogP contribution in [0.3, 0.4) is 0 Å². The molecule has 198 valence electrons. The number of fused-ring (bicyclic) bond motifs is 2. The van der Waals surface area contributed by atoms with Crippen LogP contribution in [-0.4, -0.2) is 35.1 Å². The quantitative estimate of drug-likeness (QED) is 0.186. The maximum Gasteiger partial charge on any atom is 0.159 e. The van der Waals surface area contributed by atoms with Crippen molar-refractivity contribution in [3.05, 3.63) is 109 Å². The summed E-state index contributed by atoms with van der Waals surface area (Å²) < 4.78 is 0. The molecule has 8 nitrogen and oxygen atoms in total. The van der Waals surface area contributed by atoms with Crippen molar-refractivity contribution < 1.29 is 0 Å². The third-order valence-electron chi connectivity index (χ3n) is 6.78. The second-order valence-corrected chi connectivity index (χ2v) is 10.8. The number of imidazole rings is 1. The molecule has 0 unspecified atom stereocenters. The van der Waals surface area contributed by atoms with Crippen LogP contribution in [0.25, 0.3) is 66.6 Å². The fourth-order valence-electron chi connectivity index (χ4n) is 4.71. The van der Waals surface area contributed by atoms with E-state index in [2.05, 4.69) is 60.7 Å². The van der Waals surface area contributed by atoms with Gasteiger partial charge in [-0.3, -0.25) is 20.1 Å². The monoisotopic (exact) mass is 552 g/mol. The van der Waals surface area contributed by atoms with Crippen LogP contribution in [0.1, 0.15) is 17.4 Å². The molecule has 0 bridgehead atoms. The van der Waals surface area contributed by atoms with Gasteiger partial charge in [0.25, 0.3) is 0 Å². The van der Waals surface area contributed by atoms with Gasteiger partial charge < -0.3 is 10.3 Å². The van der Waals surface area contributed by atoms with Gasteiger partial charge in [-0.05, 0) is 48.4 Å². The Morgan fingerprint density at radius 1 is 0.902 bits per heavy atom. The molecule has 6 heterocycles. The van der Waals surface area contributed by atoms with Crippen molar-refractivity contribution in [2.45, 2.75) is 6.92 Å². The Morgan fingerprint density at radius 2 is 1.78 bits per heavy atom. The van der Waals surface area contributed by atoms with Crippen molar-refractivity contribution in [3.63, 3.8) is 0 Å². The predicted octanol–water partition coefficient (Wildman–Crippen LogP) is 7.80. The summed E-state index contributed by atoms with van der Waals surface area (Å²) in [6, 6.07) is 20.1. The molecule has 0 aliphatic carbocycles. The molecule has 0 radical (unpaired) electrons. The topological polar surface area (TPSA) is 108 Å². The maximum absolute atomic E-state index is 4.94. The minimum atomic E-state index is 0.655. The number of thiophene rings is 1. The summed E-state index contributed by atoms with van der Waals surface area (Å²) in [6.07, 6.45) is 7.14. The van der Waals surface area contributed by atoms with E-state index in [1.807, 2.05) is 55.5 Å². The molecule has 0 saturated heterocycles. The number of benzene rings is 1.